The van der Waals surface area contributed by atoms with Gasteiger partial charge in [-0.2, -0.15) is 0 Å². The van der Waals surface area contributed by atoms with E-state index in [0.29, 0.717) is 22.9 Å². The third-order valence-electron chi connectivity index (χ3n) is 3.70. The number of methoxy groups -OCH3 is 2. The Hall–Kier alpha value is -2.99. The number of hydrogen-bond acceptors (Lipinski definition) is 5. The van der Waals surface area contributed by atoms with Gasteiger partial charge in [-0.05, 0) is 36.4 Å². The van der Waals surface area contributed by atoms with Crippen molar-refractivity contribution in [3.05, 3.63) is 59.3 Å². The summed E-state index contributed by atoms with van der Waals surface area (Å²) in [7, 11) is 3.07. The molecule has 1 aliphatic heterocycles. The number of amides is 2. The average molecular weight is 359 g/mol. The van der Waals surface area contributed by atoms with Crippen molar-refractivity contribution in [3.63, 3.8) is 0 Å². The highest BCUT2D eigenvalue weighted by molar-refractivity contribution is 6.53. The molecule has 2 amide bonds. The summed E-state index contributed by atoms with van der Waals surface area (Å²) in [6, 6.07) is 13.6. The lowest BCUT2D eigenvalue weighted by molar-refractivity contribution is -0.120. The number of halogens is 1. The highest BCUT2D eigenvalue weighted by Crippen LogP contribution is 2.31. The highest BCUT2D eigenvalue weighted by Gasteiger charge is 2.39. The largest absolute Gasteiger partial charge is 0.497 e. The van der Waals surface area contributed by atoms with Gasteiger partial charge in [-0.3, -0.25) is 9.59 Å². The van der Waals surface area contributed by atoms with Gasteiger partial charge in [0.15, 0.2) is 0 Å². The van der Waals surface area contributed by atoms with Crippen LogP contribution in [0.25, 0.3) is 0 Å². The lowest BCUT2D eigenvalue weighted by Crippen LogP contribution is -2.32. The number of hydrogen-bond donors (Lipinski definition) is 1. The van der Waals surface area contributed by atoms with Gasteiger partial charge in [-0.1, -0.05) is 17.7 Å². The van der Waals surface area contributed by atoms with Crippen molar-refractivity contribution >= 4 is 34.8 Å². The van der Waals surface area contributed by atoms with Crippen LogP contribution in [0.15, 0.2) is 59.3 Å². The molecule has 1 aliphatic rings. The topological polar surface area (TPSA) is 67.9 Å². The van der Waals surface area contributed by atoms with Crippen LogP contribution >= 0.6 is 11.6 Å². The van der Waals surface area contributed by atoms with Gasteiger partial charge in [-0.25, -0.2) is 4.90 Å². The molecule has 1 N–H and O–H groups in total. The van der Waals surface area contributed by atoms with Gasteiger partial charge in [-0.15, -0.1) is 0 Å². The molecule has 25 heavy (non-hydrogen) atoms. The van der Waals surface area contributed by atoms with Gasteiger partial charge >= 0.3 is 0 Å². The Kier molecular flexibility index (Phi) is 4.63. The molecule has 2 aromatic carbocycles. The summed E-state index contributed by atoms with van der Waals surface area (Å²) in [6.07, 6.45) is 0. The quantitative estimate of drug-likeness (QED) is 0.832. The van der Waals surface area contributed by atoms with Gasteiger partial charge < -0.3 is 14.8 Å². The summed E-state index contributed by atoms with van der Waals surface area (Å²) in [5, 5.41) is 2.74. The Labute approximate surface area is 149 Å². The maximum Gasteiger partial charge on any atom is 0.283 e. The maximum atomic E-state index is 12.7. The summed E-state index contributed by atoms with van der Waals surface area (Å²) >= 11 is 6.10. The molecule has 0 aliphatic carbocycles. The molecule has 0 saturated carbocycles. The standard InChI is InChI=1S/C18H15ClN2O4/c1-24-13-8-6-11(7-9-13)20-16-15(19)17(22)21(18(16)23)12-4-3-5-14(10-12)25-2/h3-10,20H,1-2H3. The first-order valence-corrected chi connectivity index (χ1v) is 7.76. The first kappa shape index (κ1) is 16.9. The van der Waals surface area contributed by atoms with Crippen LogP contribution in [0.2, 0.25) is 0 Å². The van der Waals surface area contributed by atoms with Gasteiger partial charge in [0.25, 0.3) is 11.8 Å². The van der Waals surface area contributed by atoms with Crippen molar-refractivity contribution in [3.8, 4) is 11.5 Å². The van der Waals surface area contributed by atoms with Crippen molar-refractivity contribution in [2.75, 3.05) is 24.4 Å². The SMILES string of the molecule is COc1ccc(NC2=C(Cl)C(=O)N(c3cccc(OC)c3)C2=O)cc1. The lowest BCUT2D eigenvalue weighted by Gasteiger charge is -2.16. The van der Waals surface area contributed by atoms with Crippen LogP contribution in [0.4, 0.5) is 11.4 Å². The zero-order valence-electron chi connectivity index (χ0n) is 13.6. The maximum absolute atomic E-state index is 12.7. The van der Waals surface area contributed by atoms with Crippen LogP contribution in [0.3, 0.4) is 0 Å². The van der Waals surface area contributed by atoms with E-state index in [4.69, 9.17) is 21.1 Å². The number of rotatable bonds is 5. The molecule has 2 aromatic rings. The summed E-state index contributed by atoms with van der Waals surface area (Å²) in [4.78, 5) is 26.1. The van der Waals surface area contributed by atoms with Crippen molar-refractivity contribution < 1.29 is 19.1 Å². The molecule has 0 fully saturated rings. The Morgan fingerprint density at radius 2 is 1.60 bits per heavy atom. The fourth-order valence-electron chi connectivity index (χ4n) is 2.41. The summed E-state index contributed by atoms with van der Waals surface area (Å²) in [6.45, 7) is 0. The van der Waals surface area contributed by atoms with Crippen molar-refractivity contribution in [1.29, 1.82) is 0 Å². The molecule has 0 radical (unpaired) electrons. The minimum Gasteiger partial charge on any atom is -0.497 e. The molecular weight excluding hydrogens is 344 g/mol. The molecule has 7 heteroatoms. The zero-order chi connectivity index (χ0) is 18.0. The Balaban J connectivity index is 1.88. The first-order chi connectivity index (χ1) is 12.0. The van der Waals surface area contributed by atoms with Gasteiger partial charge in [0.2, 0.25) is 0 Å². The van der Waals surface area contributed by atoms with Crippen molar-refractivity contribution in [1.82, 2.24) is 0 Å². The normalized spacial score (nSPS) is 14.1. The Bertz CT molecular complexity index is 862. The van der Waals surface area contributed by atoms with Gasteiger partial charge in [0.1, 0.15) is 22.2 Å². The molecule has 6 nitrogen and oxygen atoms in total. The van der Waals surface area contributed by atoms with Crippen LogP contribution in [0.1, 0.15) is 0 Å². The number of anilines is 2. The average Bonchev–Trinajstić information content (AvgIpc) is 2.86. The summed E-state index contributed by atoms with van der Waals surface area (Å²) < 4.78 is 10.2. The molecule has 0 aromatic heterocycles. The van der Waals surface area contributed by atoms with E-state index < -0.39 is 11.8 Å². The van der Waals surface area contributed by atoms with E-state index in [1.54, 1.807) is 55.6 Å². The summed E-state index contributed by atoms with van der Waals surface area (Å²) in [5.74, 6) is 0.0956. The Morgan fingerprint density at radius 3 is 2.24 bits per heavy atom. The molecule has 3 rings (SSSR count). The molecule has 0 saturated heterocycles. The molecule has 0 bridgehead atoms. The zero-order valence-corrected chi connectivity index (χ0v) is 14.3. The second kappa shape index (κ2) is 6.86. The van der Waals surface area contributed by atoms with Crippen LogP contribution in [-0.2, 0) is 9.59 Å². The van der Waals surface area contributed by atoms with Crippen LogP contribution in [0.5, 0.6) is 11.5 Å². The lowest BCUT2D eigenvalue weighted by atomic mass is 10.2. The fourth-order valence-corrected chi connectivity index (χ4v) is 2.63. The number of benzene rings is 2. The third kappa shape index (κ3) is 3.16. The van der Waals surface area contributed by atoms with E-state index in [-0.39, 0.29) is 10.7 Å². The predicted octanol–water partition coefficient (Wildman–Crippen LogP) is 3.14. The van der Waals surface area contributed by atoms with E-state index in [1.165, 1.54) is 7.11 Å². The number of carbonyl (C=O) groups excluding carboxylic acids is 2. The molecular formula is C18H15ClN2O4. The monoisotopic (exact) mass is 358 g/mol. The molecule has 0 spiro atoms. The van der Waals surface area contributed by atoms with E-state index in [0.717, 1.165) is 4.90 Å². The first-order valence-electron chi connectivity index (χ1n) is 7.39. The van der Waals surface area contributed by atoms with E-state index in [2.05, 4.69) is 5.32 Å². The van der Waals surface area contributed by atoms with Gasteiger partial charge in [0.05, 0.1) is 19.9 Å². The smallest absolute Gasteiger partial charge is 0.283 e. The Morgan fingerprint density at radius 1 is 0.920 bits per heavy atom. The minimum absolute atomic E-state index is 0.0275. The second-order valence-electron chi connectivity index (χ2n) is 5.19. The van der Waals surface area contributed by atoms with E-state index >= 15 is 0 Å². The number of carbonyl (C=O) groups is 2. The van der Waals surface area contributed by atoms with E-state index in [9.17, 15) is 9.59 Å². The number of imide groups is 1. The van der Waals surface area contributed by atoms with Crippen molar-refractivity contribution in [2.45, 2.75) is 0 Å². The van der Waals surface area contributed by atoms with Crippen molar-refractivity contribution in [2.24, 2.45) is 0 Å². The van der Waals surface area contributed by atoms with Gasteiger partial charge in [0, 0.05) is 11.8 Å². The van der Waals surface area contributed by atoms with Crippen LogP contribution < -0.4 is 19.7 Å². The number of nitrogens with one attached hydrogen (secondary N) is 1. The highest BCUT2D eigenvalue weighted by atomic mass is 35.5. The third-order valence-corrected chi connectivity index (χ3v) is 4.05. The van der Waals surface area contributed by atoms with Crippen LogP contribution in [-0.4, -0.2) is 26.0 Å². The number of nitrogens with zero attached hydrogens (tertiary/aromatic N) is 1. The molecule has 1 heterocycles. The van der Waals surface area contributed by atoms with Crippen LogP contribution in [0, 0.1) is 0 Å². The number of ether oxygens (including phenoxy) is 2. The molecule has 0 unspecified atom stereocenters. The predicted molar refractivity (Wildman–Crippen MR) is 95.0 cm³/mol. The summed E-state index contributed by atoms with van der Waals surface area (Å²) in [5.41, 5.74) is 1.03. The fraction of sp³-hybridized carbons (Fsp3) is 0.111. The van der Waals surface area contributed by atoms with E-state index in [1.807, 2.05) is 0 Å². The second-order valence-corrected chi connectivity index (χ2v) is 5.57. The molecule has 0 atom stereocenters. The minimum atomic E-state index is -0.587. The molecule has 128 valence electrons.